The van der Waals surface area contributed by atoms with Crippen LogP contribution in [0.15, 0.2) is 46.1 Å². The number of ether oxygens (including phenoxy) is 1. The molecular formula is C18H19ClN2O4S. The number of hydrogen-bond donors (Lipinski definition) is 0. The molecule has 2 heterocycles. The highest BCUT2D eigenvalue weighted by Gasteiger charge is 2.38. The molecule has 1 aromatic heterocycles. The fraction of sp³-hybridized carbons (Fsp3) is 0.389. The van der Waals surface area contributed by atoms with Gasteiger partial charge >= 0.3 is 0 Å². The van der Waals surface area contributed by atoms with Crippen LogP contribution in [0, 0.1) is 6.92 Å². The summed E-state index contributed by atoms with van der Waals surface area (Å²) in [5, 5.41) is 0.381. The predicted octanol–water partition coefficient (Wildman–Crippen LogP) is 2.60. The van der Waals surface area contributed by atoms with Crippen LogP contribution in [0.1, 0.15) is 24.6 Å². The Morgan fingerprint density at radius 3 is 2.50 bits per heavy atom. The minimum absolute atomic E-state index is 0.0646. The third-order valence-corrected chi connectivity index (χ3v) is 6.76. The van der Waals surface area contributed by atoms with Crippen LogP contribution in [0.5, 0.6) is 5.75 Å². The maximum Gasteiger partial charge on any atom is 0.254 e. The third-order valence-electron chi connectivity index (χ3n) is 4.70. The van der Waals surface area contributed by atoms with Gasteiger partial charge in [0.05, 0.1) is 18.0 Å². The van der Waals surface area contributed by atoms with Crippen molar-refractivity contribution in [3.05, 3.63) is 57.5 Å². The zero-order chi connectivity index (χ0) is 18.5. The van der Waals surface area contributed by atoms with E-state index in [1.165, 1.54) is 22.5 Å². The molecule has 2 fully saturated rings. The first-order chi connectivity index (χ1) is 12.3. The van der Waals surface area contributed by atoms with Crippen molar-refractivity contribution >= 4 is 21.6 Å². The van der Waals surface area contributed by atoms with Crippen LogP contribution in [0.4, 0.5) is 0 Å². The highest BCUT2D eigenvalue weighted by molar-refractivity contribution is 7.89. The summed E-state index contributed by atoms with van der Waals surface area (Å²) in [5.41, 5.74) is 0.808. The van der Waals surface area contributed by atoms with Gasteiger partial charge in [0.1, 0.15) is 11.9 Å². The molecule has 2 aliphatic rings. The number of sulfonamides is 1. The molecule has 138 valence electrons. The van der Waals surface area contributed by atoms with E-state index in [0.717, 1.165) is 18.5 Å². The van der Waals surface area contributed by atoms with Gasteiger partial charge in [-0.25, -0.2) is 8.42 Å². The van der Waals surface area contributed by atoms with Gasteiger partial charge in [-0.1, -0.05) is 17.7 Å². The lowest BCUT2D eigenvalue weighted by molar-refractivity contribution is 0.0758. The maximum atomic E-state index is 12.6. The second-order valence-electron chi connectivity index (χ2n) is 6.79. The first kappa shape index (κ1) is 17.6. The van der Waals surface area contributed by atoms with Gasteiger partial charge in [0, 0.05) is 22.8 Å². The molecule has 2 aromatic rings. The number of nitrogens with zero attached hydrogens (tertiary/aromatic N) is 2. The standard InChI is InChI=1S/C18H19ClN2O4S/c1-12-7-15(9-18(22)21(12)14-5-6-14)25-16-10-20(11-16)26(23,24)17-4-2-3-13(19)8-17/h2-4,7-9,14,16H,5-6,10-11H2,1H3. The van der Waals surface area contributed by atoms with Crippen molar-refractivity contribution in [2.45, 2.75) is 36.8 Å². The third kappa shape index (κ3) is 3.26. The van der Waals surface area contributed by atoms with Gasteiger partial charge in [-0.05, 0) is 44.0 Å². The highest BCUT2D eigenvalue weighted by atomic mass is 35.5. The highest BCUT2D eigenvalue weighted by Crippen LogP contribution is 2.35. The fourth-order valence-electron chi connectivity index (χ4n) is 3.19. The molecule has 1 aliphatic carbocycles. The fourth-order valence-corrected chi connectivity index (χ4v) is 5.00. The van der Waals surface area contributed by atoms with Crippen LogP contribution >= 0.6 is 11.6 Å². The Hall–Kier alpha value is -1.83. The molecule has 6 nitrogen and oxygen atoms in total. The first-order valence-corrected chi connectivity index (χ1v) is 10.3. The van der Waals surface area contributed by atoms with Crippen LogP contribution in [0.3, 0.4) is 0 Å². The molecule has 0 radical (unpaired) electrons. The Morgan fingerprint density at radius 1 is 1.15 bits per heavy atom. The lowest BCUT2D eigenvalue weighted by Gasteiger charge is -2.37. The van der Waals surface area contributed by atoms with Gasteiger partial charge in [0.15, 0.2) is 0 Å². The SMILES string of the molecule is Cc1cc(OC2CN(S(=O)(=O)c3cccc(Cl)c3)C2)cc(=O)n1C1CC1. The normalized spacial score (nSPS) is 18.5. The van der Waals surface area contributed by atoms with E-state index >= 15 is 0 Å². The van der Waals surface area contributed by atoms with Crippen molar-refractivity contribution in [1.82, 2.24) is 8.87 Å². The molecule has 4 rings (SSSR count). The van der Waals surface area contributed by atoms with Crippen molar-refractivity contribution < 1.29 is 13.2 Å². The van der Waals surface area contributed by atoms with Crippen LogP contribution in [-0.2, 0) is 10.0 Å². The lowest BCUT2D eigenvalue weighted by atomic mass is 10.2. The summed E-state index contributed by atoms with van der Waals surface area (Å²) in [6.07, 6.45) is 1.82. The summed E-state index contributed by atoms with van der Waals surface area (Å²) >= 11 is 5.88. The van der Waals surface area contributed by atoms with E-state index in [2.05, 4.69) is 0 Å². The molecule has 0 atom stereocenters. The first-order valence-electron chi connectivity index (χ1n) is 8.50. The van der Waals surface area contributed by atoms with Crippen LogP contribution in [0.25, 0.3) is 0 Å². The number of aryl methyl sites for hydroxylation is 1. The maximum absolute atomic E-state index is 12.6. The van der Waals surface area contributed by atoms with Crippen molar-refractivity contribution in [2.24, 2.45) is 0 Å². The number of halogens is 1. The lowest BCUT2D eigenvalue weighted by Crippen LogP contribution is -2.56. The Kier molecular flexibility index (Phi) is 4.33. The van der Waals surface area contributed by atoms with Gasteiger partial charge in [0.2, 0.25) is 10.0 Å². The monoisotopic (exact) mass is 394 g/mol. The van der Waals surface area contributed by atoms with E-state index in [1.54, 1.807) is 16.7 Å². The van der Waals surface area contributed by atoms with E-state index in [0.29, 0.717) is 16.8 Å². The summed E-state index contributed by atoms with van der Waals surface area (Å²) in [6, 6.07) is 9.85. The molecule has 26 heavy (non-hydrogen) atoms. The summed E-state index contributed by atoms with van der Waals surface area (Å²) < 4.78 is 34.1. The number of hydrogen-bond acceptors (Lipinski definition) is 4. The Labute approximate surface area is 157 Å². The van der Waals surface area contributed by atoms with E-state index in [1.807, 2.05) is 13.0 Å². The van der Waals surface area contributed by atoms with E-state index in [-0.39, 0.29) is 29.6 Å². The average Bonchev–Trinajstić information content (AvgIpc) is 3.34. The predicted molar refractivity (Wildman–Crippen MR) is 98.3 cm³/mol. The van der Waals surface area contributed by atoms with Gasteiger partial charge in [-0.2, -0.15) is 4.31 Å². The average molecular weight is 395 g/mol. The minimum Gasteiger partial charge on any atom is -0.487 e. The van der Waals surface area contributed by atoms with E-state index in [9.17, 15) is 13.2 Å². The number of benzene rings is 1. The van der Waals surface area contributed by atoms with Gasteiger partial charge in [0.25, 0.3) is 5.56 Å². The summed E-state index contributed by atoms with van der Waals surface area (Å²) in [5.74, 6) is 0.495. The number of pyridine rings is 1. The molecule has 0 spiro atoms. The van der Waals surface area contributed by atoms with Crippen molar-refractivity contribution in [1.29, 1.82) is 0 Å². The van der Waals surface area contributed by atoms with Crippen molar-refractivity contribution in [3.8, 4) is 5.75 Å². The van der Waals surface area contributed by atoms with Crippen LogP contribution in [0.2, 0.25) is 5.02 Å². The molecule has 0 bridgehead atoms. The van der Waals surface area contributed by atoms with Crippen molar-refractivity contribution in [3.63, 3.8) is 0 Å². The topological polar surface area (TPSA) is 68.6 Å². The smallest absolute Gasteiger partial charge is 0.254 e. The molecule has 0 amide bonds. The Balaban J connectivity index is 1.43. The van der Waals surface area contributed by atoms with Gasteiger partial charge in [-0.3, -0.25) is 4.79 Å². The second-order valence-corrected chi connectivity index (χ2v) is 9.17. The van der Waals surface area contributed by atoms with E-state index in [4.69, 9.17) is 16.3 Å². The van der Waals surface area contributed by atoms with E-state index < -0.39 is 10.0 Å². The zero-order valence-corrected chi connectivity index (χ0v) is 15.8. The Bertz CT molecular complexity index is 1010. The summed E-state index contributed by atoms with van der Waals surface area (Å²) in [4.78, 5) is 12.4. The minimum atomic E-state index is -3.57. The summed E-state index contributed by atoms with van der Waals surface area (Å²) in [7, 11) is -3.57. The van der Waals surface area contributed by atoms with Crippen LogP contribution in [-0.4, -0.2) is 36.5 Å². The molecule has 1 saturated carbocycles. The molecule has 0 N–H and O–H groups in total. The molecule has 8 heteroatoms. The Morgan fingerprint density at radius 2 is 1.88 bits per heavy atom. The second kappa shape index (κ2) is 6.40. The van der Waals surface area contributed by atoms with Gasteiger partial charge in [-0.15, -0.1) is 0 Å². The molecule has 1 saturated heterocycles. The molecule has 1 aromatic carbocycles. The quantitative estimate of drug-likeness (QED) is 0.781. The summed E-state index contributed by atoms with van der Waals surface area (Å²) in [6.45, 7) is 2.39. The van der Waals surface area contributed by atoms with Crippen molar-refractivity contribution in [2.75, 3.05) is 13.1 Å². The molecular weight excluding hydrogens is 376 g/mol. The molecule has 1 aliphatic heterocycles. The van der Waals surface area contributed by atoms with Crippen LogP contribution < -0.4 is 10.3 Å². The number of rotatable bonds is 5. The zero-order valence-electron chi connectivity index (χ0n) is 14.3. The van der Waals surface area contributed by atoms with Gasteiger partial charge < -0.3 is 9.30 Å². The number of aromatic nitrogens is 1. The largest absolute Gasteiger partial charge is 0.487 e. The molecule has 0 unspecified atom stereocenters.